The lowest BCUT2D eigenvalue weighted by atomic mass is 10.3. The number of aryl methyl sites for hydroxylation is 1. The monoisotopic (exact) mass is 150 g/mol. The summed E-state index contributed by atoms with van der Waals surface area (Å²) in [5.74, 6) is -0.212. The topological polar surface area (TPSA) is 17.8 Å². The fourth-order valence-electron chi connectivity index (χ4n) is 1.13. The van der Waals surface area contributed by atoms with Gasteiger partial charge in [-0.2, -0.15) is 0 Å². The van der Waals surface area contributed by atoms with E-state index < -0.39 is 0 Å². The van der Waals surface area contributed by atoms with Gasteiger partial charge in [0.2, 0.25) is 0 Å². The Labute approximate surface area is 63.3 Å². The van der Waals surface area contributed by atoms with Gasteiger partial charge >= 0.3 is 0 Å². The molecule has 3 heteroatoms. The van der Waals surface area contributed by atoms with E-state index in [0.29, 0.717) is 11.0 Å². The molecule has 11 heavy (non-hydrogen) atoms. The number of pyridine rings is 1. The molecule has 0 N–H and O–H groups in total. The molecule has 0 fully saturated rings. The summed E-state index contributed by atoms with van der Waals surface area (Å²) < 4.78 is 14.7. The maximum atomic E-state index is 12.9. The number of fused-ring (bicyclic) bond motifs is 1. The molecule has 0 aromatic carbocycles. The Morgan fingerprint density at radius 1 is 1.45 bits per heavy atom. The fourth-order valence-corrected chi connectivity index (χ4v) is 1.13. The highest BCUT2D eigenvalue weighted by molar-refractivity contribution is 5.76. The Kier molecular flexibility index (Phi) is 1.18. The summed E-state index contributed by atoms with van der Waals surface area (Å²) in [7, 11) is 1.84. The van der Waals surface area contributed by atoms with Gasteiger partial charge in [-0.05, 0) is 12.1 Å². The van der Waals surface area contributed by atoms with E-state index in [1.54, 1.807) is 16.8 Å². The van der Waals surface area contributed by atoms with Crippen molar-refractivity contribution in [2.75, 3.05) is 0 Å². The van der Waals surface area contributed by atoms with Crippen LogP contribution in [-0.2, 0) is 7.05 Å². The highest BCUT2D eigenvalue weighted by Crippen LogP contribution is 2.14. The lowest BCUT2D eigenvalue weighted by Gasteiger charge is -1.93. The van der Waals surface area contributed by atoms with Crippen LogP contribution in [0.2, 0.25) is 0 Å². The molecule has 56 valence electrons. The third-order valence-corrected chi connectivity index (χ3v) is 1.71. The second-order valence-electron chi connectivity index (χ2n) is 2.46. The zero-order chi connectivity index (χ0) is 7.84. The molecule has 0 bridgehead atoms. The van der Waals surface area contributed by atoms with Gasteiger partial charge in [-0.3, -0.25) is 0 Å². The highest BCUT2D eigenvalue weighted by atomic mass is 19.1. The standard InChI is InChI=1S/C8H7FN2/c1-11-5-3-6-7(9)2-4-10-8(6)11/h2-5H,1H3. The number of halogens is 1. The zero-order valence-corrected chi connectivity index (χ0v) is 6.08. The first kappa shape index (κ1) is 6.34. The Hall–Kier alpha value is -1.38. The van der Waals surface area contributed by atoms with Crippen molar-refractivity contribution >= 4 is 11.0 Å². The summed E-state index contributed by atoms with van der Waals surface area (Å²) >= 11 is 0. The van der Waals surface area contributed by atoms with E-state index in [1.165, 1.54) is 12.3 Å². The number of hydrogen-bond donors (Lipinski definition) is 0. The Morgan fingerprint density at radius 3 is 3.00 bits per heavy atom. The molecule has 0 atom stereocenters. The van der Waals surface area contributed by atoms with Gasteiger partial charge < -0.3 is 4.57 Å². The van der Waals surface area contributed by atoms with Crippen LogP contribution in [0.3, 0.4) is 0 Å². The summed E-state index contributed by atoms with van der Waals surface area (Å²) in [6.07, 6.45) is 3.26. The van der Waals surface area contributed by atoms with Gasteiger partial charge in [0, 0.05) is 19.4 Å². The normalized spacial score (nSPS) is 10.7. The number of aromatic nitrogens is 2. The first-order valence-corrected chi connectivity index (χ1v) is 3.34. The second-order valence-corrected chi connectivity index (χ2v) is 2.46. The predicted molar refractivity (Wildman–Crippen MR) is 40.7 cm³/mol. The van der Waals surface area contributed by atoms with Crippen molar-refractivity contribution in [3.8, 4) is 0 Å². The molecule has 0 aliphatic rings. The quantitative estimate of drug-likeness (QED) is 0.559. The Balaban J connectivity index is 2.94. The molecule has 2 aromatic heterocycles. The summed E-state index contributed by atoms with van der Waals surface area (Å²) in [5.41, 5.74) is 0.685. The van der Waals surface area contributed by atoms with Gasteiger partial charge in [0.05, 0.1) is 5.39 Å². The number of rotatable bonds is 0. The first-order valence-electron chi connectivity index (χ1n) is 3.34. The summed E-state index contributed by atoms with van der Waals surface area (Å²) in [4.78, 5) is 4.02. The van der Waals surface area contributed by atoms with Crippen molar-refractivity contribution in [1.82, 2.24) is 9.55 Å². The number of hydrogen-bond acceptors (Lipinski definition) is 1. The van der Waals surface area contributed by atoms with Gasteiger partial charge in [0.1, 0.15) is 11.5 Å². The molecule has 2 aromatic rings. The molecule has 0 spiro atoms. The van der Waals surface area contributed by atoms with Crippen LogP contribution in [0.25, 0.3) is 11.0 Å². The van der Waals surface area contributed by atoms with Gasteiger partial charge in [0.25, 0.3) is 0 Å². The largest absolute Gasteiger partial charge is 0.335 e. The Bertz CT molecular complexity index is 392. The van der Waals surface area contributed by atoms with Crippen molar-refractivity contribution in [3.63, 3.8) is 0 Å². The molecule has 2 rings (SSSR count). The van der Waals surface area contributed by atoms with E-state index >= 15 is 0 Å². The predicted octanol–water partition coefficient (Wildman–Crippen LogP) is 1.71. The minimum absolute atomic E-state index is 0.212. The first-order chi connectivity index (χ1) is 5.29. The minimum atomic E-state index is -0.212. The summed E-state index contributed by atoms with van der Waals surface area (Å²) in [5, 5.41) is 0.579. The molecular formula is C8H7FN2. The van der Waals surface area contributed by atoms with Crippen LogP contribution in [0.15, 0.2) is 24.5 Å². The van der Waals surface area contributed by atoms with E-state index in [-0.39, 0.29) is 5.82 Å². The second kappa shape index (κ2) is 2.05. The van der Waals surface area contributed by atoms with Crippen LogP contribution >= 0.6 is 0 Å². The molecule has 0 amide bonds. The van der Waals surface area contributed by atoms with Crippen molar-refractivity contribution in [1.29, 1.82) is 0 Å². The zero-order valence-electron chi connectivity index (χ0n) is 6.08. The van der Waals surface area contributed by atoms with E-state index in [2.05, 4.69) is 4.98 Å². The highest BCUT2D eigenvalue weighted by Gasteiger charge is 2.02. The summed E-state index contributed by atoms with van der Waals surface area (Å²) in [6.45, 7) is 0. The smallest absolute Gasteiger partial charge is 0.142 e. The maximum Gasteiger partial charge on any atom is 0.142 e. The third kappa shape index (κ3) is 0.808. The number of nitrogens with zero attached hydrogens (tertiary/aromatic N) is 2. The molecule has 0 saturated carbocycles. The van der Waals surface area contributed by atoms with Crippen molar-refractivity contribution < 1.29 is 4.39 Å². The SMILES string of the molecule is Cn1ccc2c(F)ccnc21. The van der Waals surface area contributed by atoms with Crippen LogP contribution in [0.4, 0.5) is 4.39 Å². The lowest BCUT2D eigenvalue weighted by Crippen LogP contribution is -1.87. The molecule has 0 aliphatic heterocycles. The van der Waals surface area contributed by atoms with E-state index in [9.17, 15) is 4.39 Å². The molecular weight excluding hydrogens is 143 g/mol. The molecule has 2 nitrogen and oxygen atoms in total. The van der Waals surface area contributed by atoms with Crippen molar-refractivity contribution in [2.24, 2.45) is 7.05 Å². The van der Waals surface area contributed by atoms with Crippen molar-refractivity contribution in [3.05, 3.63) is 30.3 Å². The molecule has 0 radical (unpaired) electrons. The van der Waals surface area contributed by atoms with Gasteiger partial charge in [-0.15, -0.1) is 0 Å². The Morgan fingerprint density at radius 2 is 2.27 bits per heavy atom. The van der Waals surface area contributed by atoms with Crippen LogP contribution < -0.4 is 0 Å². The average molecular weight is 150 g/mol. The molecule has 0 unspecified atom stereocenters. The molecule has 0 aliphatic carbocycles. The van der Waals surface area contributed by atoms with E-state index in [4.69, 9.17) is 0 Å². The van der Waals surface area contributed by atoms with Gasteiger partial charge in [-0.25, -0.2) is 9.37 Å². The maximum absolute atomic E-state index is 12.9. The van der Waals surface area contributed by atoms with E-state index in [1.807, 2.05) is 7.05 Å². The lowest BCUT2D eigenvalue weighted by molar-refractivity contribution is 0.638. The van der Waals surface area contributed by atoms with Crippen LogP contribution in [0.5, 0.6) is 0 Å². The third-order valence-electron chi connectivity index (χ3n) is 1.71. The van der Waals surface area contributed by atoms with Crippen molar-refractivity contribution in [2.45, 2.75) is 0 Å². The molecule has 2 heterocycles. The van der Waals surface area contributed by atoms with Gasteiger partial charge in [-0.1, -0.05) is 0 Å². The minimum Gasteiger partial charge on any atom is -0.335 e. The van der Waals surface area contributed by atoms with Gasteiger partial charge in [0.15, 0.2) is 0 Å². The van der Waals surface area contributed by atoms with Crippen LogP contribution in [0.1, 0.15) is 0 Å². The summed E-state index contributed by atoms with van der Waals surface area (Å²) in [6, 6.07) is 3.08. The van der Waals surface area contributed by atoms with E-state index in [0.717, 1.165) is 0 Å². The molecule has 0 saturated heterocycles. The van der Waals surface area contributed by atoms with Crippen LogP contribution in [-0.4, -0.2) is 9.55 Å². The fraction of sp³-hybridized carbons (Fsp3) is 0.125. The average Bonchev–Trinajstić information content (AvgIpc) is 2.35. The van der Waals surface area contributed by atoms with Crippen LogP contribution in [0, 0.1) is 5.82 Å².